The van der Waals surface area contributed by atoms with E-state index in [-0.39, 0.29) is 5.91 Å². The van der Waals surface area contributed by atoms with Gasteiger partial charge in [-0.15, -0.1) is 0 Å². The topological polar surface area (TPSA) is 67.4 Å². The van der Waals surface area contributed by atoms with Crippen molar-refractivity contribution in [1.82, 2.24) is 14.9 Å². The van der Waals surface area contributed by atoms with E-state index < -0.39 is 0 Å². The summed E-state index contributed by atoms with van der Waals surface area (Å²) in [7, 11) is 0. The Morgan fingerprint density at radius 3 is 2.24 bits per heavy atom. The second-order valence-corrected chi connectivity index (χ2v) is 6.62. The fourth-order valence-corrected chi connectivity index (χ4v) is 2.91. The largest absolute Gasteiger partial charge is 0.457 e. The number of hydrogen-bond donors (Lipinski definition) is 1. The van der Waals surface area contributed by atoms with Crippen LogP contribution in [0.5, 0.6) is 11.5 Å². The summed E-state index contributed by atoms with van der Waals surface area (Å²) < 4.78 is 5.80. The molecule has 6 heteroatoms. The number of carbonyl (C=O) groups excluding carboxylic acids is 1. The molecule has 0 bridgehead atoms. The van der Waals surface area contributed by atoms with Crippen molar-refractivity contribution in [1.29, 1.82) is 0 Å². The normalized spacial score (nSPS) is 10.4. The third kappa shape index (κ3) is 5.78. The van der Waals surface area contributed by atoms with Gasteiger partial charge in [0.25, 0.3) is 5.91 Å². The van der Waals surface area contributed by atoms with Gasteiger partial charge in [0.2, 0.25) is 5.95 Å². The molecule has 1 N–H and O–H groups in total. The van der Waals surface area contributed by atoms with Gasteiger partial charge in [-0.1, -0.05) is 32.0 Å². The molecule has 29 heavy (non-hydrogen) atoms. The number of carbonyl (C=O) groups is 1. The molecule has 2 aromatic carbocycles. The van der Waals surface area contributed by atoms with Crippen LogP contribution in [0.15, 0.2) is 66.9 Å². The predicted octanol–water partition coefficient (Wildman–Crippen LogP) is 5.27. The van der Waals surface area contributed by atoms with Gasteiger partial charge in [0.15, 0.2) is 0 Å². The first-order valence-corrected chi connectivity index (χ1v) is 9.92. The maximum absolute atomic E-state index is 12.7. The van der Waals surface area contributed by atoms with E-state index in [4.69, 9.17) is 4.74 Å². The number of amides is 1. The number of nitrogens with zero attached hydrogens (tertiary/aromatic N) is 3. The van der Waals surface area contributed by atoms with Crippen LogP contribution in [-0.4, -0.2) is 33.9 Å². The lowest BCUT2D eigenvalue weighted by molar-refractivity contribution is 0.0749. The Morgan fingerprint density at radius 2 is 1.59 bits per heavy atom. The molecule has 0 saturated heterocycles. The van der Waals surface area contributed by atoms with E-state index in [1.807, 2.05) is 59.5 Å². The van der Waals surface area contributed by atoms with Crippen LogP contribution < -0.4 is 10.1 Å². The second-order valence-electron chi connectivity index (χ2n) is 6.62. The van der Waals surface area contributed by atoms with Gasteiger partial charge in [0.05, 0.1) is 0 Å². The number of anilines is 2. The Morgan fingerprint density at radius 1 is 0.931 bits per heavy atom. The summed E-state index contributed by atoms with van der Waals surface area (Å²) in [4.78, 5) is 23.2. The molecule has 0 atom stereocenters. The molecule has 3 rings (SSSR count). The summed E-state index contributed by atoms with van der Waals surface area (Å²) in [5.41, 5.74) is 1.21. The Labute approximate surface area is 171 Å². The molecule has 0 aliphatic heterocycles. The number of rotatable bonds is 9. The van der Waals surface area contributed by atoms with E-state index >= 15 is 0 Å². The predicted molar refractivity (Wildman–Crippen MR) is 115 cm³/mol. The summed E-state index contributed by atoms with van der Waals surface area (Å²) >= 11 is 0. The van der Waals surface area contributed by atoms with Crippen molar-refractivity contribution in [2.75, 3.05) is 18.4 Å². The summed E-state index contributed by atoms with van der Waals surface area (Å²) in [5, 5.41) is 3.14. The molecule has 6 nitrogen and oxygen atoms in total. The highest BCUT2D eigenvalue weighted by Crippen LogP contribution is 2.23. The van der Waals surface area contributed by atoms with Crippen LogP contribution in [0, 0.1) is 0 Å². The summed E-state index contributed by atoms with van der Waals surface area (Å²) in [5.74, 6) is 1.85. The highest BCUT2D eigenvalue weighted by molar-refractivity contribution is 5.92. The average molecular weight is 390 g/mol. The molecular formula is C23H26N4O2. The first-order chi connectivity index (χ1) is 14.2. The van der Waals surface area contributed by atoms with Gasteiger partial charge < -0.3 is 15.0 Å². The smallest absolute Gasteiger partial charge is 0.272 e. The Kier molecular flexibility index (Phi) is 7.16. The van der Waals surface area contributed by atoms with Crippen molar-refractivity contribution in [2.24, 2.45) is 0 Å². The lowest BCUT2D eigenvalue weighted by atomic mass is 10.3. The van der Waals surface area contributed by atoms with Crippen LogP contribution in [0.4, 0.5) is 11.6 Å². The highest BCUT2D eigenvalue weighted by Gasteiger charge is 2.16. The van der Waals surface area contributed by atoms with E-state index in [9.17, 15) is 4.79 Å². The fourth-order valence-electron chi connectivity index (χ4n) is 2.91. The number of benzene rings is 2. The van der Waals surface area contributed by atoms with Crippen LogP contribution in [0.3, 0.4) is 0 Å². The molecule has 0 aliphatic rings. The maximum Gasteiger partial charge on any atom is 0.272 e. The zero-order chi connectivity index (χ0) is 20.5. The molecule has 0 fully saturated rings. The number of para-hydroxylation sites is 1. The van der Waals surface area contributed by atoms with Gasteiger partial charge in [-0.3, -0.25) is 4.79 Å². The molecule has 3 aromatic rings. The number of nitrogens with one attached hydrogen (secondary N) is 1. The van der Waals surface area contributed by atoms with Gasteiger partial charge >= 0.3 is 0 Å². The highest BCUT2D eigenvalue weighted by atomic mass is 16.5. The molecule has 0 aliphatic carbocycles. The first-order valence-electron chi connectivity index (χ1n) is 9.92. The third-order valence-corrected chi connectivity index (χ3v) is 4.24. The molecule has 0 unspecified atom stereocenters. The van der Waals surface area contributed by atoms with Crippen molar-refractivity contribution in [2.45, 2.75) is 26.7 Å². The van der Waals surface area contributed by atoms with E-state index in [1.165, 1.54) is 0 Å². The van der Waals surface area contributed by atoms with Crippen LogP contribution in [-0.2, 0) is 0 Å². The minimum atomic E-state index is -0.0641. The lowest BCUT2D eigenvalue weighted by Crippen LogP contribution is -2.33. The van der Waals surface area contributed by atoms with Crippen LogP contribution in [0.25, 0.3) is 0 Å². The van der Waals surface area contributed by atoms with Gasteiger partial charge in [-0.2, -0.15) is 0 Å². The molecule has 0 saturated carbocycles. The van der Waals surface area contributed by atoms with E-state index in [1.54, 1.807) is 12.3 Å². The average Bonchev–Trinajstić information content (AvgIpc) is 2.75. The van der Waals surface area contributed by atoms with Crippen molar-refractivity contribution in [3.63, 3.8) is 0 Å². The molecular weight excluding hydrogens is 364 g/mol. The maximum atomic E-state index is 12.7. The van der Waals surface area contributed by atoms with Gasteiger partial charge in [-0.05, 0) is 55.3 Å². The standard InChI is InChI=1S/C23H26N4O2/c1-3-16-27(17-4-2)22(28)21-14-15-24-23(26-21)25-18-10-12-20(13-11-18)29-19-8-6-5-7-9-19/h5-15H,3-4,16-17H2,1-2H3,(H,24,25,26). The summed E-state index contributed by atoms with van der Waals surface area (Å²) in [6, 6.07) is 18.8. The minimum Gasteiger partial charge on any atom is -0.457 e. The molecule has 0 radical (unpaired) electrons. The van der Waals surface area contributed by atoms with Crippen LogP contribution >= 0.6 is 0 Å². The van der Waals surface area contributed by atoms with Gasteiger partial charge in [0.1, 0.15) is 17.2 Å². The van der Waals surface area contributed by atoms with E-state index in [2.05, 4.69) is 29.1 Å². The van der Waals surface area contributed by atoms with Crippen molar-refractivity contribution in [3.05, 3.63) is 72.6 Å². The summed E-state index contributed by atoms with van der Waals surface area (Å²) in [6.07, 6.45) is 3.43. The molecule has 1 heterocycles. The van der Waals surface area contributed by atoms with Gasteiger partial charge in [0, 0.05) is 25.0 Å². The zero-order valence-corrected chi connectivity index (χ0v) is 16.8. The number of aromatic nitrogens is 2. The Balaban J connectivity index is 1.67. The summed E-state index contributed by atoms with van der Waals surface area (Å²) in [6.45, 7) is 5.58. The number of hydrogen-bond acceptors (Lipinski definition) is 5. The SMILES string of the molecule is CCCN(CCC)C(=O)c1ccnc(Nc2ccc(Oc3ccccc3)cc2)n1. The fraction of sp³-hybridized carbons (Fsp3) is 0.261. The number of ether oxygens (including phenoxy) is 1. The third-order valence-electron chi connectivity index (χ3n) is 4.24. The molecule has 0 spiro atoms. The first kappa shape index (κ1) is 20.3. The Bertz CT molecular complexity index is 908. The minimum absolute atomic E-state index is 0.0641. The van der Waals surface area contributed by atoms with Crippen LogP contribution in [0.1, 0.15) is 37.2 Å². The quantitative estimate of drug-likeness (QED) is 0.539. The van der Waals surface area contributed by atoms with Crippen LogP contribution in [0.2, 0.25) is 0 Å². The Hall–Kier alpha value is -3.41. The monoisotopic (exact) mass is 390 g/mol. The molecule has 1 amide bonds. The van der Waals surface area contributed by atoms with Crippen molar-refractivity contribution in [3.8, 4) is 11.5 Å². The second kappa shape index (κ2) is 10.2. The van der Waals surface area contributed by atoms with Crippen molar-refractivity contribution < 1.29 is 9.53 Å². The van der Waals surface area contributed by atoms with E-state index in [0.717, 1.165) is 43.1 Å². The van der Waals surface area contributed by atoms with Crippen molar-refractivity contribution >= 4 is 17.5 Å². The lowest BCUT2D eigenvalue weighted by Gasteiger charge is -2.21. The molecule has 150 valence electrons. The molecule has 1 aromatic heterocycles. The van der Waals surface area contributed by atoms with E-state index in [0.29, 0.717) is 11.6 Å². The zero-order valence-electron chi connectivity index (χ0n) is 16.8. The van der Waals surface area contributed by atoms with Gasteiger partial charge in [-0.25, -0.2) is 9.97 Å².